The van der Waals surface area contributed by atoms with E-state index in [-0.39, 0.29) is 24.2 Å². The summed E-state index contributed by atoms with van der Waals surface area (Å²) in [5.74, 6) is 0.00272. The van der Waals surface area contributed by atoms with Crippen LogP contribution in [0.15, 0.2) is 60.7 Å². The van der Waals surface area contributed by atoms with Gasteiger partial charge < -0.3 is 10.6 Å². The number of benzene rings is 2. The maximum atomic E-state index is 12.5. The van der Waals surface area contributed by atoms with Gasteiger partial charge in [0.2, 0.25) is 11.8 Å². The third-order valence-corrected chi connectivity index (χ3v) is 5.02. The highest BCUT2D eigenvalue weighted by atomic mass is 16.2. The Morgan fingerprint density at radius 2 is 1.70 bits per heavy atom. The summed E-state index contributed by atoms with van der Waals surface area (Å²) in [7, 11) is 0. The molecule has 2 aromatic rings. The van der Waals surface area contributed by atoms with Gasteiger partial charge in [0.05, 0.1) is 12.5 Å². The minimum Gasteiger partial charge on any atom is -0.356 e. The molecule has 0 bridgehead atoms. The highest BCUT2D eigenvalue weighted by Gasteiger charge is 2.33. The lowest BCUT2D eigenvalue weighted by Crippen LogP contribution is -2.57. The molecular formula is C22H27N3O2. The maximum Gasteiger partial charge on any atom is 0.237 e. The molecule has 0 unspecified atom stereocenters. The first-order chi connectivity index (χ1) is 13.2. The van der Waals surface area contributed by atoms with Gasteiger partial charge in [-0.15, -0.1) is 0 Å². The lowest BCUT2D eigenvalue weighted by atomic mass is 9.90. The van der Waals surface area contributed by atoms with Crippen LogP contribution in [0.25, 0.3) is 0 Å². The Bertz CT molecular complexity index is 709. The Morgan fingerprint density at radius 1 is 1.11 bits per heavy atom. The second kappa shape index (κ2) is 9.33. The number of piperazine rings is 1. The minimum atomic E-state index is -0.430. The van der Waals surface area contributed by atoms with Crippen LogP contribution < -0.4 is 10.6 Å². The van der Waals surface area contributed by atoms with E-state index in [4.69, 9.17) is 0 Å². The zero-order valence-electron chi connectivity index (χ0n) is 15.7. The van der Waals surface area contributed by atoms with Crippen LogP contribution in [0, 0.1) is 0 Å². The maximum absolute atomic E-state index is 12.5. The molecule has 27 heavy (non-hydrogen) atoms. The lowest BCUT2D eigenvalue weighted by molar-refractivity contribution is -0.134. The van der Waals surface area contributed by atoms with Gasteiger partial charge in [-0.2, -0.15) is 0 Å². The fourth-order valence-corrected chi connectivity index (χ4v) is 3.66. The number of amides is 2. The van der Waals surface area contributed by atoms with E-state index in [1.54, 1.807) is 0 Å². The van der Waals surface area contributed by atoms with Crippen LogP contribution in [0.3, 0.4) is 0 Å². The Hall–Kier alpha value is -2.66. The molecule has 5 heteroatoms. The van der Waals surface area contributed by atoms with Crippen molar-refractivity contribution in [1.29, 1.82) is 0 Å². The van der Waals surface area contributed by atoms with Gasteiger partial charge in [-0.3, -0.25) is 14.5 Å². The predicted molar refractivity (Wildman–Crippen MR) is 106 cm³/mol. The fraction of sp³-hybridized carbons (Fsp3) is 0.364. The predicted octanol–water partition coefficient (Wildman–Crippen LogP) is 2.15. The van der Waals surface area contributed by atoms with Gasteiger partial charge in [0.15, 0.2) is 0 Å². The van der Waals surface area contributed by atoms with Crippen molar-refractivity contribution in [2.45, 2.75) is 25.3 Å². The molecular weight excluding hydrogens is 338 g/mol. The van der Waals surface area contributed by atoms with Gasteiger partial charge >= 0.3 is 0 Å². The van der Waals surface area contributed by atoms with E-state index in [1.807, 2.05) is 43.3 Å². The number of hydrogen-bond donors (Lipinski definition) is 2. The van der Waals surface area contributed by atoms with Gasteiger partial charge in [-0.1, -0.05) is 60.7 Å². The van der Waals surface area contributed by atoms with Crippen molar-refractivity contribution in [3.8, 4) is 0 Å². The van der Waals surface area contributed by atoms with Crippen LogP contribution in [-0.2, 0) is 9.59 Å². The number of hydrogen-bond acceptors (Lipinski definition) is 3. The van der Waals surface area contributed by atoms with Crippen molar-refractivity contribution < 1.29 is 9.59 Å². The van der Waals surface area contributed by atoms with Gasteiger partial charge in [0, 0.05) is 32.1 Å². The van der Waals surface area contributed by atoms with E-state index >= 15 is 0 Å². The topological polar surface area (TPSA) is 61.4 Å². The molecule has 1 fully saturated rings. The molecule has 2 aromatic carbocycles. The van der Waals surface area contributed by atoms with Gasteiger partial charge in [0.25, 0.3) is 0 Å². The Balaban J connectivity index is 1.84. The quantitative estimate of drug-likeness (QED) is 0.790. The van der Waals surface area contributed by atoms with Crippen molar-refractivity contribution >= 4 is 11.8 Å². The smallest absolute Gasteiger partial charge is 0.237 e. The highest BCUT2D eigenvalue weighted by Crippen LogP contribution is 2.27. The van der Waals surface area contributed by atoms with Crippen LogP contribution >= 0.6 is 0 Å². The first kappa shape index (κ1) is 19.1. The Morgan fingerprint density at radius 3 is 2.26 bits per heavy atom. The molecule has 1 saturated heterocycles. The summed E-state index contributed by atoms with van der Waals surface area (Å²) in [6.07, 6.45) is 0.190. The molecule has 1 aliphatic rings. The average molecular weight is 365 g/mol. The van der Waals surface area contributed by atoms with Gasteiger partial charge in [0.1, 0.15) is 0 Å². The largest absolute Gasteiger partial charge is 0.356 e. The lowest BCUT2D eigenvalue weighted by Gasteiger charge is -2.37. The zero-order chi connectivity index (χ0) is 19.1. The van der Waals surface area contributed by atoms with E-state index in [9.17, 15) is 9.59 Å². The molecule has 2 amide bonds. The van der Waals surface area contributed by atoms with Crippen molar-refractivity contribution in [2.24, 2.45) is 0 Å². The molecule has 1 aliphatic heterocycles. The summed E-state index contributed by atoms with van der Waals surface area (Å²) in [6, 6.07) is 20.3. The number of carbonyl (C=O) groups is 2. The van der Waals surface area contributed by atoms with Crippen LogP contribution in [0.4, 0.5) is 0 Å². The van der Waals surface area contributed by atoms with Gasteiger partial charge in [-0.25, -0.2) is 0 Å². The summed E-state index contributed by atoms with van der Waals surface area (Å²) in [5.41, 5.74) is 2.43. The summed E-state index contributed by atoms with van der Waals surface area (Å²) in [6.45, 7) is 4.51. The molecule has 2 N–H and O–H groups in total. The standard InChI is InChI=1S/C22H27N3O2/c1-2-23-21(26)15-20-22(27)24-13-14-25(20)16-19(17-9-5-3-6-10-17)18-11-7-4-8-12-18/h3-12,19-20H,2,13-16H2,1H3,(H,23,26)(H,24,27)/t20-/m1/s1. The van der Waals surface area contributed by atoms with E-state index in [0.29, 0.717) is 19.6 Å². The van der Waals surface area contributed by atoms with E-state index in [2.05, 4.69) is 39.8 Å². The van der Waals surface area contributed by atoms with E-state index < -0.39 is 6.04 Å². The monoisotopic (exact) mass is 365 g/mol. The third-order valence-electron chi connectivity index (χ3n) is 5.02. The summed E-state index contributed by atoms with van der Waals surface area (Å²) in [4.78, 5) is 26.7. The molecule has 0 saturated carbocycles. The van der Waals surface area contributed by atoms with Crippen LogP contribution in [0.1, 0.15) is 30.4 Å². The van der Waals surface area contributed by atoms with E-state index in [1.165, 1.54) is 11.1 Å². The minimum absolute atomic E-state index is 0.0626. The number of carbonyl (C=O) groups excluding carboxylic acids is 2. The molecule has 1 heterocycles. The molecule has 0 aliphatic carbocycles. The SMILES string of the molecule is CCNC(=O)C[C@@H]1C(=O)NCCN1CC(c1ccccc1)c1ccccc1. The molecule has 0 spiro atoms. The number of nitrogens with zero attached hydrogens (tertiary/aromatic N) is 1. The molecule has 0 aromatic heterocycles. The number of rotatable bonds is 7. The molecule has 0 radical (unpaired) electrons. The van der Waals surface area contributed by atoms with E-state index in [0.717, 1.165) is 6.54 Å². The van der Waals surface area contributed by atoms with Crippen LogP contribution in [0.2, 0.25) is 0 Å². The normalized spacial score (nSPS) is 17.6. The van der Waals surface area contributed by atoms with Crippen molar-refractivity contribution in [1.82, 2.24) is 15.5 Å². The first-order valence-electron chi connectivity index (χ1n) is 9.57. The first-order valence-corrected chi connectivity index (χ1v) is 9.57. The molecule has 142 valence electrons. The summed E-state index contributed by atoms with van der Waals surface area (Å²) in [5, 5.41) is 5.71. The Labute approximate surface area is 160 Å². The molecule has 1 atom stereocenters. The Kier molecular flexibility index (Phi) is 6.60. The molecule has 5 nitrogen and oxygen atoms in total. The van der Waals surface area contributed by atoms with Gasteiger partial charge in [-0.05, 0) is 18.1 Å². The van der Waals surface area contributed by atoms with Crippen molar-refractivity contribution in [2.75, 3.05) is 26.2 Å². The van der Waals surface area contributed by atoms with Crippen LogP contribution in [-0.4, -0.2) is 48.9 Å². The highest BCUT2D eigenvalue weighted by molar-refractivity contribution is 5.88. The zero-order valence-corrected chi connectivity index (χ0v) is 15.7. The van der Waals surface area contributed by atoms with Crippen molar-refractivity contribution in [3.63, 3.8) is 0 Å². The fourth-order valence-electron chi connectivity index (χ4n) is 3.66. The average Bonchev–Trinajstić information content (AvgIpc) is 2.70. The third kappa shape index (κ3) is 4.95. The summed E-state index contributed by atoms with van der Waals surface area (Å²) >= 11 is 0. The summed E-state index contributed by atoms with van der Waals surface area (Å²) < 4.78 is 0. The second-order valence-corrected chi connectivity index (χ2v) is 6.83. The number of nitrogens with one attached hydrogen (secondary N) is 2. The molecule has 3 rings (SSSR count). The van der Waals surface area contributed by atoms with Crippen LogP contribution in [0.5, 0.6) is 0 Å². The second-order valence-electron chi connectivity index (χ2n) is 6.83. The van der Waals surface area contributed by atoms with Crippen molar-refractivity contribution in [3.05, 3.63) is 71.8 Å².